The summed E-state index contributed by atoms with van der Waals surface area (Å²) in [5, 5.41) is 0. The molecule has 0 amide bonds. The van der Waals surface area contributed by atoms with Gasteiger partial charge >= 0.3 is 0 Å². The van der Waals surface area contributed by atoms with E-state index in [1.807, 2.05) is 11.8 Å². The van der Waals surface area contributed by atoms with E-state index in [1.54, 1.807) is 0 Å². The summed E-state index contributed by atoms with van der Waals surface area (Å²) in [5.41, 5.74) is 6.82. The molecule has 2 aromatic rings. The molecule has 0 saturated heterocycles. The number of aryl methyl sites for hydroxylation is 1. The van der Waals surface area contributed by atoms with Gasteiger partial charge in [0.25, 0.3) is 0 Å². The summed E-state index contributed by atoms with van der Waals surface area (Å²) in [7, 11) is 0. The Morgan fingerprint density at radius 3 is 2.29 bits per heavy atom. The SMILES string of the molecule is Cc1cccc(SCC(NN)c2ccc(C(C)C)cc2)c1. The molecule has 0 radical (unpaired) electrons. The Morgan fingerprint density at radius 1 is 1.05 bits per heavy atom. The van der Waals surface area contributed by atoms with E-state index < -0.39 is 0 Å². The topological polar surface area (TPSA) is 38.0 Å². The van der Waals surface area contributed by atoms with Crippen LogP contribution < -0.4 is 11.3 Å². The molecule has 0 aliphatic rings. The lowest BCUT2D eigenvalue weighted by Gasteiger charge is -2.17. The summed E-state index contributed by atoms with van der Waals surface area (Å²) in [6, 6.07) is 17.5. The lowest BCUT2D eigenvalue weighted by molar-refractivity contribution is 0.610. The number of benzene rings is 2. The minimum Gasteiger partial charge on any atom is -0.271 e. The van der Waals surface area contributed by atoms with E-state index in [4.69, 9.17) is 5.84 Å². The summed E-state index contributed by atoms with van der Waals surface area (Å²) in [6.07, 6.45) is 0. The molecule has 0 aliphatic heterocycles. The Balaban J connectivity index is 2.02. The first kappa shape index (κ1) is 16.1. The fourth-order valence-corrected chi connectivity index (χ4v) is 3.33. The van der Waals surface area contributed by atoms with Gasteiger partial charge < -0.3 is 0 Å². The molecule has 112 valence electrons. The van der Waals surface area contributed by atoms with Crippen molar-refractivity contribution in [2.45, 2.75) is 37.6 Å². The van der Waals surface area contributed by atoms with Gasteiger partial charge in [0.15, 0.2) is 0 Å². The van der Waals surface area contributed by atoms with E-state index in [0.29, 0.717) is 5.92 Å². The van der Waals surface area contributed by atoms with Crippen LogP contribution >= 0.6 is 11.8 Å². The van der Waals surface area contributed by atoms with E-state index in [1.165, 1.54) is 21.6 Å². The molecule has 21 heavy (non-hydrogen) atoms. The quantitative estimate of drug-likeness (QED) is 0.471. The number of thioether (sulfide) groups is 1. The molecular weight excluding hydrogens is 276 g/mol. The van der Waals surface area contributed by atoms with Gasteiger partial charge in [0.1, 0.15) is 0 Å². The van der Waals surface area contributed by atoms with Crippen molar-refractivity contribution in [3.63, 3.8) is 0 Å². The monoisotopic (exact) mass is 300 g/mol. The predicted molar refractivity (Wildman–Crippen MR) is 92.5 cm³/mol. The number of hydrogen-bond donors (Lipinski definition) is 2. The smallest absolute Gasteiger partial charge is 0.0553 e. The van der Waals surface area contributed by atoms with Gasteiger partial charge in [-0.15, -0.1) is 11.8 Å². The Hall–Kier alpha value is -1.29. The molecule has 0 bridgehead atoms. The maximum Gasteiger partial charge on any atom is 0.0553 e. The van der Waals surface area contributed by atoms with Crippen molar-refractivity contribution < 1.29 is 0 Å². The molecule has 0 spiro atoms. The van der Waals surface area contributed by atoms with Crippen LogP contribution in [0, 0.1) is 6.92 Å². The highest BCUT2D eigenvalue weighted by molar-refractivity contribution is 7.99. The van der Waals surface area contributed by atoms with Gasteiger partial charge in [0, 0.05) is 10.6 Å². The summed E-state index contributed by atoms with van der Waals surface area (Å²) in [6.45, 7) is 6.54. The number of rotatable bonds is 6. The standard InChI is InChI=1S/C18H24N2S/c1-13(2)15-7-9-16(10-8-15)18(20-19)12-21-17-6-4-5-14(3)11-17/h4-11,13,18,20H,12,19H2,1-3H3. The minimum absolute atomic E-state index is 0.164. The third-order valence-corrected chi connectivity index (χ3v) is 4.70. The van der Waals surface area contributed by atoms with E-state index in [-0.39, 0.29) is 6.04 Å². The second-order valence-corrected chi connectivity index (χ2v) is 6.76. The fraction of sp³-hybridized carbons (Fsp3) is 0.333. The van der Waals surface area contributed by atoms with E-state index >= 15 is 0 Å². The highest BCUT2D eigenvalue weighted by Crippen LogP contribution is 2.26. The molecule has 3 N–H and O–H groups in total. The molecule has 1 unspecified atom stereocenters. The van der Waals surface area contributed by atoms with Crippen molar-refractivity contribution in [1.29, 1.82) is 0 Å². The van der Waals surface area contributed by atoms with Gasteiger partial charge in [-0.2, -0.15) is 0 Å². The van der Waals surface area contributed by atoms with Crippen molar-refractivity contribution >= 4 is 11.8 Å². The number of nitrogens with two attached hydrogens (primary N) is 1. The molecule has 1 atom stereocenters. The van der Waals surface area contributed by atoms with Gasteiger partial charge in [0.05, 0.1) is 6.04 Å². The molecule has 0 saturated carbocycles. The highest BCUT2D eigenvalue weighted by atomic mass is 32.2. The second kappa shape index (κ2) is 7.64. The maximum atomic E-state index is 5.73. The average molecular weight is 300 g/mol. The van der Waals surface area contributed by atoms with Crippen LogP contribution in [0.1, 0.15) is 42.5 Å². The zero-order valence-electron chi connectivity index (χ0n) is 13.0. The zero-order valence-corrected chi connectivity index (χ0v) is 13.8. The van der Waals surface area contributed by atoms with Crippen LogP contribution in [-0.2, 0) is 0 Å². The first-order valence-electron chi connectivity index (χ1n) is 7.35. The Bertz CT molecular complexity index is 564. The van der Waals surface area contributed by atoms with Crippen molar-refractivity contribution in [3.05, 3.63) is 65.2 Å². The lowest BCUT2D eigenvalue weighted by Crippen LogP contribution is -2.29. The molecule has 0 aromatic heterocycles. The molecule has 0 heterocycles. The predicted octanol–water partition coefficient (Wildman–Crippen LogP) is 4.42. The summed E-state index contributed by atoms with van der Waals surface area (Å²) in [5.74, 6) is 7.21. The molecule has 2 rings (SSSR count). The third kappa shape index (κ3) is 4.60. The maximum absolute atomic E-state index is 5.73. The minimum atomic E-state index is 0.164. The van der Waals surface area contributed by atoms with Crippen LogP contribution in [0.25, 0.3) is 0 Å². The van der Waals surface area contributed by atoms with E-state index in [0.717, 1.165) is 5.75 Å². The Labute approximate surface area is 132 Å². The second-order valence-electron chi connectivity index (χ2n) is 5.67. The van der Waals surface area contributed by atoms with Gasteiger partial charge in [0.2, 0.25) is 0 Å². The van der Waals surface area contributed by atoms with Crippen LogP contribution in [-0.4, -0.2) is 5.75 Å². The van der Waals surface area contributed by atoms with Crippen molar-refractivity contribution in [1.82, 2.24) is 5.43 Å². The first-order valence-corrected chi connectivity index (χ1v) is 8.34. The number of nitrogens with one attached hydrogen (secondary N) is 1. The van der Waals surface area contributed by atoms with Gasteiger partial charge in [-0.1, -0.05) is 55.8 Å². The fourth-order valence-electron chi connectivity index (χ4n) is 2.24. The molecule has 0 fully saturated rings. The van der Waals surface area contributed by atoms with Crippen LogP contribution in [0.2, 0.25) is 0 Å². The summed E-state index contributed by atoms with van der Waals surface area (Å²) in [4.78, 5) is 1.29. The van der Waals surface area contributed by atoms with Crippen LogP contribution in [0.5, 0.6) is 0 Å². The van der Waals surface area contributed by atoms with Gasteiger partial charge in [-0.05, 0) is 36.1 Å². The van der Waals surface area contributed by atoms with Crippen molar-refractivity contribution in [2.24, 2.45) is 5.84 Å². The molecular formula is C18H24N2S. The molecule has 0 aliphatic carbocycles. The first-order chi connectivity index (χ1) is 10.1. The van der Waals surface area contributed by atoms with E-state index in [2.05, 4.69) is 74.7 Å². The van der Waals surface area contributed by atoms with Crippen LogP contribution in [0.4, 0.5) is 0 Å². The van der Waals surface area contributed by atoms with E-state index in [9.17, 15) is 0 Å². The van der Waals surface area contributed by atoms with Gasteiger partial charge in [-0.3, -0.25) is 11.3 Å². The summed E-state index contributed by atoms with van der Waals surface area (Å²) >= 11 is 1.83. The lowest BCUT2D eigenvalue weighted by atomic mass is 10.00. The molecule has 2 aromatic carbocycles. The van der Waals surface area contributed by atoms with Gasteiger partial charge in [-0.25, -0.2) is 0 Å². The number of hydrazine groups is 1. The van der Waals surface area contributed by atoms with Crippen molar-refractivity contribution in [2.75, 3.05) is 5.75 Å². The average Bonchev–Trinajstić information content (AvgIpc) is 2.48. The largest absolute Gasteiger partial charge is 0.271 e. The highest BCUT2D eigenvalue weighted by Gasteiger charge is 2.11. The van der Waals surface area contributed by atoms with Crippen LogP contribution in [0.15, 0.2) is 53.4 Å². The van der Waals surface area contributed by atoms with Crippen molar-refractivity contribution in [3.8, 4) is 0 Å². The molecule has 2 nitrogen and oxygen atoms in total. The Morgan fingerprint density at radius 2 is 1.71 bits per heavy atom. The summed E-state index contributed by atoms with van der Waals surface area (Å²) < 4.78 is 0. The normalized spacial score (nSPS) is 12.6. The zero-order chi connectivity index (χ0) is 15.2. The molecule has 3 heteroatoms. The third-order valence-electron chi connectivity index (χ3n) is 3.61. The Kier molecular flexibility index (Phi) is 5.85. The van der Waals surface area contributed by atoms with Crippen LogP contribution in [0.3, 0.4) is 0 Å². The number of hydrogen-bond acceptors (Lipinski definition) is 3.